The predicted octanol–water partition coefficient (Wildman–Crippen LogP) is 5.74. The molecule has 0 aliphatic rings. The number of carbonyl (C=O) groups is 2. The first-order valence-electron chi connectivity index (χ1n) is 6.59. The van der Waals surface area contributed by atoms with Gasteiger partial charge in [0, 0.05) is 0 Å². The second kappa shape index (κ2) is 8.82. The van der Waals surface area contributed by atoms with Crippen LogP contribution in [0.4, 0.5) is 0 Å². The second-order valence-corrected chi connectivity index (χ2v) is 6.02. The Labute approximate surface area is 148 Å². The van der Waals surface area contributed by atoms with E-state index in [9.17, 15) is 14.7 Å². The lowest BCUT2D eigenvalue weighted by atomic mass is 10.1. The molecule has 0 unspecified atom stereocenters. The third kappa shape index (κ3) is 4.42. The van der Waals surface area contributed by atoms with Crippen molar-refractivity contribution in [3.8, 4) is 0 Å². The molecular weight excluding hydrogens is 374 g/mol. The van der Waals surface area contributed by atoms with E-state index in [0.717, 1.165) is 19.3 Å². The van der Waals surface area contributed by atoms with Crippen molar-refractivity contribution in [2.75, 3.05) is 6.61 Å². The zero-order chi connectivity index (χ0) is 16.9. The van der Waals surface area contributed by atoms with Crippen LogP contribution < -0.4 is 0 Å². The summed E-state index contributed by atoms with van der Waals surface area (Å²) in [5.74, 6) is -2.33. The van der Waals surface area contributed by atoms with Crippen LogP contribution >= 0.6 is 46.4 Å². The maximum absolute atomic E-state index is 12.1. The molecule has 122 valence electrons. The number of aromatic carboxylic acids is 1. The van der Waals surface area contributed by atoms with Gasteiger partial charge >= 0.3 is 11.9 Å². The van der Waals surface area contributed by atoms with E-state index < -0.39 is 17.5 Å². The zero-order valence-electron chi connectivity index (χ0n) is 11.7. The third-order valence-electron chi connectivity index (χ3n) is 2.92. The van der Waals surface area contributed by atoms with Gasteiger partial charge in [0.1, 0.15) is 0 Å². The van der Waals surface area contributed by atoms with E-state index in [1.54, 1.807) is 0 Å². The summed E-state index contributed by atoms with van der Waals surface area (Å²) >= 11 is 23.5. The van der Waals surface area contributed by atoms with Gasteiger partial charge in [-0.2, -0.15) is 0 Å². The summed E-state index contributed by atoms with van der Waals surface area (Å²) in [7, 11) is 0. The van der Waals surface area contributed by atoms with Gasteiger partial charge in [-0.05, 0) is 6.42 Å². The van der Waals surface area contributed by atoms with Gasteiger partial charge < -0.3 is 9.84 Å². The minimum Gasteiger partial charge on any atom is -0.478 e. The molecule has 0 amide bonds. The van der Waals surface area contributed by atoms with E-state index in [1.165, 1.54) is 0 Å². The largest absolute Gasteiger partial charge is 0.478 e. The fourth-order valence-electron chi connectivity index (χ4n) is 1.79. The van der Waals surface area contributed by atoms with Gasteiger partial charge in [-0.1, -0.05) is 72.6 Å². The van der Waals surface area contributed by atoms with Gasteiger partial charge in [0.05, 0.1) is 37.8 Å². The number of benzene rings is 1. The molecule has 1 N–H and O–H groups in total. The van der Waals surface area contributed by atoms with E-state index in [2.05, 4.69) is 6.92 Å². The molecule has 0 aliphatic carbocycles. The van der Waals surface area contributed by atoms with Crippen LogP contribution in [0.3, 0.4) is 0 Å². The SMILES string of the molecule is CCCCCCOC(=O)c1c(Cl)c(Cl)c(Cl)c(Cl)c1C(=O)O. The summed E-state index contributed by atoms with van der Waals surface area (Å²) in [4.78, 5) is 23.4. The number of hydrogen-bond donors (Lipinski definition) is 1. The summed E-state index contributed by atoms with van der Waals surface area (Å²) < 4.78 is 5.05. The number of esters is 1. The van der Waals surface area contributed by atoms with Crippen molar-refractivity contribution in [3.05, 3.63) is 31.2 Å². The van der Waals surface area contributed by atoms with Crippen molar-refractivity contribution in [2.45, 2.75) is 32.6 Å². The molecule has 0 radical (unpaired) electrons. The van der Waals surface area contributed by atoms with Crippen LogP contribution in [-0.2, 0) is 4.74 Å². The zero-order valence-corrected chi connectivity index (χ0v) is 14.7. The molecule has 0 aliphatic heterocycles. The van der Waals surface area contributed by atoms with Gasteiger partial charge in [0.2, 0.25) is 0 Å². The van der Waals surface area contributed by atoms with E-state index in [4.69, 9.17) is 51.1 Å². The summed E-state index contributed by atoms with van der Waals surface area (Å²) in [5.41, 5.74) is -0.899. The number of unbranched alkanes of at least 4 members (excludes halogenated alkanes) is 3. The number of carboxylic acids is 1. The average molecular weight is 388 g/mol. The molecule has 0 atom stereocenters. The van der Waals surface area contributed by atoms with Gasteiger partial charge in [0.15, 0.2) is 0 Å². The standard InChI is InChI=1S/C14H14Cl4O4/c1-2-3-4-5-6-22-14(21)8-7(13(19)20)9(15)11(17)12(18)10(8)16/h2-6H2,1H3,(H,19,20). The molecule has 0 bridgehead atoms. The van der Waals surface area contributed by atoms with Crippen LogP contribution in [0.2, 0.25) is 20.1 Å². The van der Waals surface area contributed by atoms with E-state index in [1.807, 2.05) is 0 Å². The Morgan fingerprint density at radius 1 is 0.909 bits per heavy atom. The van der Waals surface area contributed by atoms with Crippen LogP contribution in [0.25, 0.3) is 0 Å². The van der Waals surface area contributed by atoms with Crippen molar-refractivity contribution in [3.63, 3.8) is 0 Å². The normalized spacial score (nSPS) is 10.6. The lowest BCUT2D eigenvalue weighted by molar-refractivity contribution is 0.0488. The van der Waals surface area contributed by atoms with Gasteiger partial charge in [-0.25, -0.2) is 9.59 Å². The minimum atomic E-state index is -1.44. The molecule has 8 heteroatoms. The monoisotopic (exact) mass is 386 g/mol. The lowest BCUT2D eigenvalue weighted by Crippen LogP contribution is -2.14. The smallest absolute Gasteiger partial charge is 0.340 e. The molecule has 0 spiro atoms. The molecule has 0 saturated carbocycles. The van der Waals surface area contributed by atoms with Gasteiger partial charge in [-0.3, -0.25) is 0 Å². The summed E-state index contributed by atoms with van der Waals surface area (Å²) in [6.07, 6.45) is 3.66. The predicted molar refractivity (Wildman–Crippen MR) is 87.9 cm³/mol. The van der Waals surface area contributed by atoms with Crippen LogP contribution in [0.15, 0.2) is 0 Å². The van der Waals surface area contributed by atoms with Crippen LogP contribution in [0.5, 0.6) is 0 Å². The molecule has 1 rings (SSSR count). The number of ether oxygens (including phenoxy) is 1. The van der Waals surface area contributed by atoms with Crippen molar-refractivity contribution in [1.82, 2.24) is 0 Å². The molecular formula is C14H14Cl4O4. The molecule has 0 aromatic heterocycles. The second-order valence-electron chi connectivity index (χ2n) is 4.51. The maximum Gasteiger partial charge on any atom is 0.340 e. The van der Waals surface area contributed by atoms with Crippen molar-refractivity contribution < 1.29 is 19.4 Å². The highest BCUT2D eigenvalue weighted by Crippen LogP contribution is 2.41. The quantitative estimate of drug-likeness (QED) is 0.280. The Kier molecular flexibility index (Phi) is 7.77. The number of carbonyl (C=O) groups excluding carboxylic acids is 1. The highest BCUT2D eigenvalue weighted by Gasteiger charge is 2.29. The Balaban J connectivity index is 3.07. The Bertz CT molecular complexity index is 587. The summed E-state index contributed by atoms with van der Waals surface area (Å²) in [6, 6.07) is 0. The van der Waals surface area contributed by atoms with Crippen LogP contribution in [0.1, 0.15) is 53.3 Å². The third-order valence-corrected chi connectivity index (χ3v) is 4.72. The highest BCUT2D eigenvalue weighted by molar-refractivity contribution is 6.54. The molecule has 0 fully saturated rings. The van der Waals surface area contributed by atoms with Crippen LogP contribution in [0, 0.1) is 0 Å². The van der Waals surface area contributed by atoms with E-state index in [0.29, 0.717) is 6.42 Å². The number of halogens is 4. The fourth-order valence-corrected chi connectivity index (χ4v) is 2.80. The average Bonchev–Trinajstić information content (AvgIpc) is 2.47. The lowest BCUT2D eigenvalue weighted by Gasteiger charge is -2.13. The Morgan fingerprint density at radius 2 is 1.45 bits per heavy atom. The number of carboxylic acid groups (broad SMARTS) is 1. The van der Waals surface area contributed by atoms with E-state index in [-0.39, 0.29) is 32.3 Å². The van der Waals surface area contributed by atoms with Crippen molar-refractivity contribution in [2.24, 2.45) is 0 Å². The maximum atomic E-state index is 12.1. The molecule has 0 saturated heterocycles. The molecule has 1 aromatic carbocycles. The van der Waals surface area contributed by atoms with E-state index >= 15 is 0 Å². The topological polar surface area (TPSA) is 63.6 Å². The fraction of sp³-hybridized carbons (Fsp3) is 0.429. The first-order valence-corrected chi connectivity index (χ1v) is 8.10. The highest BCUT2D eigenvalue weighted by atomic mass is 35.5. The Hall–Kier alpha value is -0.680. The molecule has 1 aromatic rings. The van der Waals surface area contributed by atoms with Crippen molar-refractivity contribution in [1.29, 1.82) is 0 Å². The molecule has 22 heavy (non-hydrogen) atoms. The first kappa shape index (κ1) is 19.4. The van der Waals surface area contributed by atoms with Crippen LogP contribution in [-0.4, -0.2) is 23.7 Å². The number of hydrogen-bond acceptors (Lipinski definition) is 3. The first-order chi connectivity index (χ1) is 10.3. The minimum absolute atomic E-state index is 0.159. The summed E-state index contributed by atoms with van der Waals surface area (Å²) in [5, 5.41) is 8.19. The molecule has 4 nitrogen and oxygen atoms in total. The number of rotatable bonds is 7. The van der Waals surface area contributed by atoms with Gasteiger partial charge in [-0.15, -0.1) is 0 Å². The summed E-state index contributed by atoms with van der Waals surface area (Å²) in [6.45, 7) is 2.22. The van der Waals surface area contributed by atoms with Crippen molar-refractivity contribution >= 4 is 58.3 Å². The molecule has 0 heterocycles. The van der Waals surface area contributed by atoms with Gasteiger partial charge in [0.25, 0.3) is 0 Å². The Morgan fingerprint density at radius 3 is 1.95 bits per heavy atom.